The van der Waals surface area contributed by atoms with Crippen LogP contribution in [0.1, 0.15) is 18.4 Å². The normalized spacial score (nSPS) is 12.0. The Bertz CT molecular complexity index is 409. The first-order valence-corrected chi connectivity index (χ1v) is 6.51. The molecule has 1 rings (SSSR count). The summed E-state index contributed by atoms with van der Waals surface area (Å²) in [5.41, 5.74) is 7.08. The van der Waals surface area contributed by atoms with Gasteiger partial charge in [0.2, 0.25) is 0 Å². The second-order valence-corrected chi connectivity index (χ2v) is 4.89. The molecule has 0 heterocycles. The zero-order valence-electron chi connectivity index (χ0n) is 10.6. The molecule has 1 aromatic rings. The number of methoxy groups -OCH3 is 2. The molecule has 100 valence electrons. The van der Waals surface area contributed by atoms with Gasteiger partial charge in [-0.2, -0.15) is 0 Å². The van der Waals surface area contributed by atoms with E-state index in [0.717, 1.165) is 15.8 Å². The largest absolute Gasteiger partial charge is 0.497 e. The summed E-state index contributed by atoms with van der Waals surface area (Å²) < 4.78 is 10.8. The van der Waals surface area contributed by atoms with Gasteiger partial charge in [0.1, 0.15) is 5.75 Å². The van der Waals surface area contributed by atoms with Crippen LogP contribution in [0.15, 0.2) is 22.7 Å². The van der Waals surface area contributed by atoms with Gasteiger partial charge in [-0.05, 0) is 36.6 Å². The standard InChI is InChI=1S/C13H18BrNO3/c1-17-11-4-5-12(14)9(8-11)7-10(15)3-6-13(16)18-2/h4-5,8,10H,3,6-7,15H2,1-2H3. The summed E-state index contributed by atoms with van der Waals surface area (Å²) in [6.07, 6.45) is 1.64. The summed E-state index contributed by atoms with van der Waals surface area (Å²) in [7, 11) is 3.01. The first kappa shape index (κ1) is 15.0. The van der Waals surface area contributed by atoms with Crippen molar-refractivity contribution < 1.29 is 14.3 Å². The van der Waals surface area contributed by atoms with E-state index in [1.165, 1.54) is 7.11 Å². The maximum atomic E-state index is 11.0. The van der Waals surface area contributed by atoms with Gasteiger partial charge in [0.05, 0.1) is 14.2 Å². The molecule has 0 aromatic heterocycles. The molecule has 5 heteroatoms. The van der Waals surface area contributed by atoms with Crippen LogP contribution >= 0.6 is 15.9 Å². The fraction of sp³-hybridized carbons (Fsp3) is 0.462. The van der Waals surface area contributed by atoms with Gasteiger partial charge in [-0.25, -0.2) is 0 Å². The number of benzene rings is 1. The van der Waals surface area contributed by atoms with Gasteiger partial charge in [0, 0.05) is 16.9 Å². The molecule has 0 amide bonds. The monoisotopic (exact) mass is 315 g/mol. The van der Waals surface area contributed by atoms with E-state index >= 15 is 0 Å². The van der Waals surface area contributed by atoms with Crippen LogP contribution in [-0.4, -0.2) is 26.2 Å². The highest BCUT2D eigenvalue weighted by atomic mass is 79.9. The average Bonchev–Trinajstić information content (AvgIpc) is 2.38. The van der Waals surface area contributed by atoms with Gasteiger partial charge >= 0.3 is 5.97 Å². The predicted octanol–water partition coefficient (Wildman–Crippen LogP) is 2.28. The zero-order valence-corrected chi connectivity index (χ0v) is 12.2. The Balaban J connectivity index is 2.58. The number of hydrogen-bond donors (Lipinski definition) is 1. The molecule has 0 fully saturated rings. The Morgan fingerprint density at radius 3 is 2.78 bits per heavy atom. The van der Waals surface area contributed by atoms with E-state index in [9.17, 15) is 4.79 Å². The summed E-state index contributed by atoms with van der Waals surface area (Å²) in [6.45, 7) is 0. The molecule has 1 aromatic carbocycles. The number of rotatable bonds is 6. The van der Waals surface area contributed by atoms with Crippen molar-refractivity contribution in [3.05, 3.63) is 28.2 Å². The molecule has 18 heavy (non-hydrogen) atoms. The number of esters is 1. The average molecular weight is 316 g/mol. The van der Waals surface area contributed by atoms with Gasteiger partial charge in [-0.1, -0.05) is 15.9 Å². The topological polar surface area (TPSA) is 61.5 Å². The van der Waals surface area contributed by atoms with Crippen LogP contribution in [0.2, 0.25) is 0 Å². The predicted molar refractivity (Wildman–Crippen MR) is 73.6 cm³/mol. The highest BCUT2D eigenvalue weighted by Crippen LogP contribution is 2.24. The third-order valence-corrected chi connectivity index (χ3v) is 3.46. The van der Waals surface area contributed by atoms with E-state index in [4.69, 9.17) is 10.5 Å². The van der Waals surface area contributed by atoms with Gasteiger partial charge in [-0.15, -0.1) is 0 Å². The number of halogens is 1. The minimum atomic E-state index is -0.227. The second kappa shape index (κ2) is 7.38. The van der Waals surface area contributed by atoms with Crippen molar-refractivity contribution in [1.29, 1.82) is 0 Å². The van der Waals surface area contributed by atoms with Crippen LogP contribution in [0.4, 0.5) is 0 Å². The van der Waals surface area contributed by atoms with E-state index in [2.05, 4.69) is 20.7 Å². The van der Waals surface area contributed by atoms with E-state index in [-0.39, 0.29) is 12.0 Å². The minimum absolute atomic E-state index is 0.0764. The van der Waals surface area contributed by atoms with Crippen LogP contribution < -0.4 is 10.5 Å². The van der Waals surface area contributed by atoms with Gasteiger partial charge in [-0.3, -0.25) is 4.79 Å². The van der Waals surface area contributed by atoms with Crippen LogP contribution in [0.5, 0.6) is 5.75 Å². The molecule has 0 aliphatic carbocycles. The van der Waals surface area contributed by atoms with E-state index in [1.54, 1.807) is 7.11 Å². The van der Waals surface area contributed by atoms with Crippen LogP contribution in [0, 0.1) is 0 Å². The van der Waals surface area contributed by atoms with Crippen molar-refractivity contribution in [2.45, 2.75) is 25.3 Å². The Labute approximate surface area is 116 Å². The summed E-state index contributed by atoms with van der Waals surface area (Å²) in [5, 5.41) is 0. The smallest absolute Gasteiger partial charge is 0.305 e. The molecule has 1 atom stereocenters. The van der Waals surface area contributed by atoms with Crippen molar-refractivity contribution >= 4 is 21.9 Å². The van der Waals surface area contributed by atoms with Gasteiger partial charge in [0.25, 0.3) is 0 Å². The molecule has 0 spiro atoms. The van der Waals surface area contributed by atoms with Gasteiger partial charge < -0.3 is 15.2 Å². The van der Waals surface area contributed by atoms with Gasteiger partial charge in [0.15, 0.2) is 0 Å². The number of nitrogens with two attached hydrogens (primary N) is 1. The van der Waals surface area contributed by atoms with Crippen molar-refractivity contribution in [3.63, 3.8) is 0 Å². The zero-order chi connectivity index (χ0) is 13.5. The number of carbonyl (C=O) groups is 1. The quantitative estimate of drug-likeness (QED) is 0.818. The molecule has 0 saturated carbocycles. The number of carbonyl (C=O) groups excluding carboxylic acids is 1. The Morgan fingerprint density at radius 2 is 2.17 bits per heavy atom. The maximum absolute atomic E-state index is 11.0. The fourth-order valence-corrected chi connectivity index (χ4v) is 2.03. The highest BCUT2D eigenvalue weighted by molar-refractivity contribution is 9.10. The molecule has 0 bridgehead atoms. The third-order valence-electron chi connectivity index (χ3n) is 2.68. The SMILES string of the molecule is COC(=O)CCC(N)Cc1cc(OC)ccc1Br. The summed E-state index contributed by atoms with van der Waals surface area (Å²) in [5.74, 6) is 0.573. The Hall–Kier alpha value is -1.07. The van der Waals surface area contributed by atoms with Crippen LogP contribution in [-0.2, 0) is 16.0 Å². The summed E-state index contributed by atoms with van der Waals surface area (Å²) in [4.78, 5) is 11.0. The fourth-order valence-electron chi connectivity index (χ4n) is 1.62. The van der Waals surface area contributed by atoms with Crippen LogP contribution in [0.25, 0.3) is 0 Å². The summed E-state index contributed by atoms with van der Waals surface area (Å²) >= 11 is 3.48. The van der Waals surface area contributed by atoms with Crippen molar-refractivity contribution in [2.24, 2.45) is 5.73 Å². The van der Waals surface area contributed by atoms with E-state index < -0.39 is 0 Å². The molecule has 0 aliphatic heterocycles. The number of ether oxygens (including phenoxy) is 2. The van der Waals surface area contributed by atoms with E-state index in [1.807, 2.05) is 18.2 Å². The Morgan fingerprint density at radius 1 is 1.44 bits per heavy atom. The van der Waals surface area contributed by atoms with Crippen molar-refractivity contribution in [2.75, 3.05) is 14.2 Å². The first-order chi connectivity index (χ1) is 8.56. The lowest BCUT2D eigenvalue weighted by Crippen LogP contribution is -2.24. The molecule has 0 aliphatic rings. The lowest BCUT2D eigenvalue weighted by molar-refractivity contribution is -0.140. The second-order valence-electron chi connectivity index (χ2n) is 4.04. The maximum Gasteiger partial charge on any atom is 0.305 e. The molecule has 0 saturated heterocycles. The van der Waals surface area contributed by atoms with E-state index in [0.29, 0.717) is 19.3 Å². The summed E-state index contributed by atoms with van der Waals surface area (Å²) in [6, 6.07) is 5.68. The third kappa shape index (κ3) is 4.66. The molecule has 0 radical (unpaired) electrons. The molecule has 1 unspecified atom stereocenters. The minimum Gasteiger partial charge on any atom is -0.497 e. The molecular weight excluding hydrogens is 298 g/mol. The lowest BCUT2D eigenvalue weighted by atomic mass is 10.0. The molecular formula is C13H18BrNO3. The lowest BCUT2D eigenvalue weighted by Gasteiger charge is -2.13. The Kier molecular flexibility index (Phi) is 6.15. The number of hydrogen-bond acceptors (Lipinski definition) is 4. The van der Waals surface area contributed by atoms with Crippen LogP contribution in [0.3, 0.4) is 0 Å². The highest BCUT2D eigenvalue weighted by Gasteiger charge is 2.10. The van der Waals surface area contributed by atoms with Crippen molar-refractivity contribution in [1.82, 2.24) is 0 Å². The molecule has 4 nitrogen and oxygen atoms in total. The first-order valence-electron chi connectivity index (χ1n) is 5.71. The molecule has 2 N–H and O–H groups in total. The van der Waals surface area contributed by atoms with Crippen molar-refractivity contribution in [3.8, 4) is 5.75 Å².